The first kappa shape index (κ1) is 20.7. The van der Waals surface area contributed by atoms with Crippen LogP contribution in [0.2, 0.25) is 5.02 Å². The number of rotatable bonds is 5. The molecule has 1 aliphatic rings. The quantitative estimate of drug-likeness (QED) is 0.348. The van der Waals surface area contributed by atoms with E-state index < -0.39 is 4.92 Å². The fraction of sp³-hybridized carbons (Fsp3) is 0.227. The lowest BCUT2D eigenvalue weighted by atomic mass is 10.1. The van der Waals surface area contributed by atoms with E-state index in [0.29, 0.717) is 27.7 Å². The molecule has 0 bridgehead atoms. The van der Waals surface area contributed by atoms with Crippen LogP contribution in [0.3, 0.4) is 0 Å². The van der Waals surface area contributed by atoms with Crippen LogP contribution in [0.25, 0.3) is 17.5 Å². The molecule has 8 nitrogen and oxygen atoms in total. The number of fused-ring (bicyclic) bond motifs is 1. The summed E-state index contributed by atoms with van der Waals surface area (Å²) in [5.74, 6) is 1.29. The van der Waals surface area contributed by atoms with Crippen molar-refractivity contribution in [3.05, 3.63) is 75.1 Å². The van der Waals surface area contributed by atoms with Crippen molar-refractivity contribution in [1.82, 2.24) is 14.8 Å². The van der Waals surface area contributed by atoms with E-state index in [1.165, 1.54) is 24.3 Å². The van der Waals surface area contributed by atoms with E-state index >= 15 is 0 Å². The molecule has 0 fully saturated rings. The van der Waals surface area contributed by atoms with E-state index in [9.17, 15) is 14.9 Å². The average Bonchev–Trinajstić information content (AvgIpc) is 3.01. The summed E-state index contributed by atoms with van der Waals surface area (Å²) in [4.78, 5) is 22.8. The molecule has 1 amide bonds. The van der Waals surface area contributed by atoms with Gasteiger partial charge < -0.3 is 9.88 Å². The molecule has 3 aromatic rings. The maximum Gasteiger partial charge on any atom is 0.270 e. The lowest BCUT2D eigenvalue weighted by Crippen LogP contribution is -2.08. The Labute approximate surface area is 183 Å². The number of aryl methyl sites for hydroxylation is 1. The lowest BCUT2D eigenvalue weighted by Gasteiger charge is -2.10. The van der Waals surface area contributed by atoms with Crippen LogP contribution in [0.1, 0.15) is 30.7 Å². The van der Waals surface area contributed by atoms with Gasteiger partial charge in [0.1, 0.15) is 5.82 Å². The van der Waals surface area contributed by atoms with Gasteiger partial charge in [0.05, 0.1) is 9.95 Å². The number of anilines is 1. The second kappa shape index (κ2) is 9.09. The number of amides is 1. The summed E-state index contributed by atoms with van der Waals surface area (Å²) >= 11 is 6.43. The standard InChI is InChI=1S/C22H20ClN5O3/c23-19-10-9-16(14-18(19)22-26-25-20-7-2-1-3-12-27(20)22)24-21(29)11-8-15-5-4-6-17(13-15)28(30)31/h4-6,8-11,13-14H,1-3,7,12H2,(H,24,29)/b11-8+. The maximum absolute atomic E-state index is 12.4. The minimum Gasteiger partial charge on any atom is -0.322 e. The highest BCUT2D eigenvalue weighted by atomic mass is 35.5. The number of carbonyl (C=O) groups is 1. The summed E-state index contributed by atoms with van der Waals surface area (Å²) in [7, 11) is 0. The SMILES string of the molecule is O=C(/C=C/c1cccc([N+](=O)[O-])c1)Nc1ccc(Cl)c(-c2nnc3n2CCCCC3)c1. The largest absolute Gasteiger partial charge is 0.322 e. The first-order chi connectivity index (χ1) is 15.0. The summed E-state index contributed by atoms with van der Waals surface area (Å²) in [5, 5.41) is 22.9. The molecule has 0 aliphatic carbocycles. The van der Waals surface area contributed by atoms with Crippen LogP contribution in [0.15, 0.2) is 48.5 Å². The highest BCUT2D eigenvalue weighted by Gasteiger charge is 2.18. The molecule has 1 aromatic heterocycles. The average molecular weight is 438 g/mol. The third-order valence-electron chi connectivity index (χ3n) is 5.09. The van der Waals surface area contributed by atoms with Gasteiger partial charge in [-0.1, -0.05) is 30.2 Å². The van der Waals surface area contributed by atoms with Gasteiger partial charge >= 0.3 is 0 Å². The Balaban J connectivity index is 1.53. The van der Waals surface area contributed by atoms with Crippen molar-refractivity contribution in [1.29, 1.82) is 0 Å². The monoisotopic (exact) mass is 437 g/mol. The van der Waals surface area contributed by atoms with Crippen molar-refractivity contribution in [2.24, 2.45) is 0 Å². The molecule has 1 N–H and O–H groups in total. The third kappa shape index (κ3) is 4.80. The van der Waals surface area contributed by atoms with Crippen LogP contribution in [-0.2, 0) is 17.8 Å². The maximum atomic E-state index is 12.4. The number of nitrogens with zero attached hydrogens (tertiary/aromatic N) is 4. The molecule has 158 valence electrons. The fourth-order valence-electron chi connectivity index (χ4n) is 3.56. The number of aromatic nitrogens is 3. The molecular formula is C22H20ClN5O3. The summed E-state index contributed by atoms with van der Waals surface area (Å²) in [5.41, 5.74) is 1.81. The Hall–Kier alpha value is -3.52. The minimum atomic E-state index is -0.474. The Bertz CT molecular complexity index is 1170. The van der Waals surface area contributed by atoms with Crippen LogP contribution in [0.4, 0.5) is 11.4 Å². The van der Waals surface area contributed by atoms with Crippen molar-refractivity contribution in [3.8, 4) is 11.4 Å². The summed E-state index contributed by atoms with van der Waals surface area (Å²) in [6.07, 6.45) is 7.06. The first-order valence-electron chi connectivity index (χ1n) is 9.97. The van der Waals surface area contributed by atoms with E-state index in [4.69, 9.17) is 11.6 Å². The molecule has 0 unspecified atom stereocenters. The second-order valence-electron chi connectivity index (χ2n) is 7.27. The normalized spacial score (nSPS) is 13.6. The third-order valence-corrected chi connectivity index (χ3v) is 5.42. The van der Waals surface area contributed by atoms with Gasteiger partial charge in [0.15, 0.2) is 5.82 Å². The molecule has 4 rings (SSSR count). The van der Waals surface area contributed by atoms with E-state index in [1.807, 2.05) is 0 Å². The first-order valence-corrected chi connectivity index (χ1v) is 10.3. The number of halogens is 1. The molecule has 31 heavy (non-hydrogen) atoms. The number of hydrogen-bond acceptors (Lipinski definition) is 5. The van der Waals surface area contributed by atoms with Crippen molar-refractivity contribution in [3.63, 3.8) is 0 Å². The highest BCUT2D eigenvalue weighted by molar-refractivity contribution is 6.33. The minimum absolute atomic E-state index is 0.0302. The molecule has 0 radical (unpaired) electrons. The molecule has 9 heteroatoms. The number of non-ortho nitro benzene ring substituents is 1. The van der Waals surface area contributed by atoms with Crippen molar-refractivity contribution in [2.45, 2.75) is 32.2 Å². The summed E-state index contributed by atoms with van der Waals surface area (Å²) in [6, 6.07) is 11.3. The molecule has 2 heterocycles. The zero-order valence-electron chi connectivity index (χ0n) is 16.6. The van der Waals surface area contributed by atoms with Gasteiger partial charge in [-0.2, -0.15) is 0 Å². The molecule has 1 aliphatic heterocycles. The molecular weight excluding hydrogens is 418 g/mol. The number of nitro groups is 1. The zero-order valence-corrected chi connectivity index (χ0v) is 17.4. The van der Waals surface area contributed by atoms with Crippen molar-refractivity contribution >= 4 is 35.0 Å². The van der Waals surface area contributed by atoms with Crippen LogP contribution in [-0.4, -0.2) is 25.6 Å². The summed E-state index contributed by atoms with van der Waals surface area (Å²) in [6.45, 7) is 0.844. The van der Waals surface area contributed by atoms with Crippen LogP contribution < -0.4 is 5.32 Å². The molecule has 0 spiro atoms. The van der Waals surface area contributed by atoms with E-state index in [-0.39, 0.29) is 11.6 Å². The van der Waals surface area contributed by atoms with Gasteiger partial charge in [0, 0.05) is 42.4 Å². The van der Waals surface area contributed by atoms with Crippen molar-refractivity contribution < 1.29 is 9.72 Å². The van der Waals surface area contributed by atoms with E-state index in [0.717, 1.165) is 38.1 Å². The second-order valence-corrected chi connectivity index (χ2v) is 7.68. The highest BCUT2D eigenvalue weighted by Crippen LogP contribution is 2.31. The van der Waals surface area contributed by atoms with Gasteiger partial charge in [-0.15, -0.1) is 10.2 Å². The van der Waals surface area contributed by atoms with Gasteiger partial charge in [-0.3, -0.25) is 14.9 Å². The Morgan fingerprint density at radius 1 is 1.16 bits per heavy atom. The lowest BCUT2D eigenvalue weighted by molar-refractivity contribution is -0.384. The molecule has 0 atom stereocenters. The predicted molar refractivity (Wildman–Crippen MR) is 119 cm³/mol. The van der Waals surface area contributed by atoms with Gasteiger partial charge in [-0.25, -0.2) is 0 Å². The number of carbonyl (C=O) groups excluding carboxylic acids is 1. The zero-order chi connectivity index (χ0) is 21.8. The Kier molecular flexibility index (Phi) is 6.08. The Morgan fingerprint density at radius 2 is 2.03 bits per heavy atom. The van der Waals surface area contributed by atoms with Gasteiger partial charge in [-0.05, 0) is 42.7 Å². The topological polar surface area (TPSA) is 103 Å². The summed E-state index contributed by atoms with van der Waals surface area (Å²) < 4.78 is 2.10. The van der Waals surface area contributed by atoms with Crippen LogP contribution >= 0.6 is 11.6 Å². The van der Waals surface area contributed by atoms with Gasteiger partial charge in [0.2, 0.25) is 5.91 Å². The molecule has 2 aromatic carbocycles. The van der Waals surface area contributed by atoms with E-state index in [1.54, 1.807) is 30.3 Å². The number of benzene rings is 2. The Morgan fingerprint density at radius 3 is 2.87 bits per heavy atom. The fourth-order valence-corrected chi connectivity index (χ4v) is 3.76. The van der Waals surface area contributed by atoms with Crippen LogP contribution in [0.5, 0.6) is 0 Å². The number of nitro benzene ring substituents is 1. The smallest absolute Gasteiger partial charge is 0.270 e. The molecule has 0 saturated heterocycles. The number of nitrogens with one attached hydrogen (secondary N) is 1. The molecule has 0 saturated carbocycles. The van der Waals surface area contributed by atoms with E-state index in [2.05, 4.69) is 20.1 Å². The van der Waals surface area contributed by atoms with Crippen LogP contribution in [0, 0.1) is 10.1 Å². The predicted octanol–water partition coefficient (Wildman–Crippen LogP) is 4.89. The van der Waals surface area contributed by atoms with Crippen molar-refractivity contribution in [2.75, 3.05) is 5.32 Å². The number of hydrogen-bond donors (Lipinski definition) is 1. The van der Waals surface area contributed by atoms with Gasteiger partial charge in [0.25, 0.3) is 5.69 Å².